The van der Waals surface area contributed by atoms with Crippen molar-refractivity contribution in [1.82, 2.24) is 4.98 Å². The molecule has 1 aromatic carbocycles. The van der Waals surface area contributed by atoms with E-state index in [2.05, 4.69) is 16.4 Å². The lowest BCUT2D eigenvalue weighted by molar-refractivity contribution is 0.102. The molecule has 27 heavy (non-hydrogen) atoms. The highest BCUT2D eigenvalue weighted by Gasteiger charge is 2.15. The molecule has 0 unspecified atom stereocenters. The number of ether oxygens (including phenoxy) is 2. The van der Waals surface area contributed by atoms with E-state index in [0.29, 0.717) is 34.2 Å². The number of aryl methyl sites for hydroxylation is 1. The second kappa shape index (κ2) is 8.66. The molecule has 138 valence electrons. The second-order valence-corrected chi connectivity index (χ2v) is 7.36. The fourth-order valence-corrected chi connectivity index (χ4v) is 3.84. The molecule has 0 saturated carbocycles. The third-order valence-corrected chi connectivity index (χ3v) is 5.59. The van der Waals surface area contributed by atoms with Crippen LogP contribution in [0.15, 0.2) is 35.2 Å². The van der Waals surface area contributed by atoms with Gasteiger partial charge in [0.2, 0.25) is 0 Å². The van der Waals surface area contributed by atoms with Gasteiger partial charge in [-0.15, -0.1) is 22.7 Å². The summed E-state index contributed by atoms with van der Waals surface area (Å²) < 4.78 is 11.1. The molecule has 0 saturated heterocycles. The summed E-state index contributed by atoms with van der Waals surface area (Å²) in [4.78, 5) is 17.8. The topological polar surface area (TPSA) is 84.2 Å². The van der Waals surface area contributed by atoms with Crippen LogP contribution < -0.4 is 14.8 Å². The van der Waals surface area contributed by atoms with Gasteiger partial charge in [0.15, 0.2) is 11.5 Å². The van der Waals surface area contributed by atoms with E-state index >= 15 is 0 Å². The molecular weight excluding hydrogens is 382 g/mol. The second-order valence-electron chi connectivity index (χ2n) is 5.51. The number of anilines is 1. The van der Waals surface area contributed by atoms with Gasteiger partial charge in [-0.3, -0.25) is 4.79 Å². The summed E-state index contributed by atoms with van der Waals surface area (Å²) in [6.07, 6.45) is 0.814. The highest BCUT2D eigenvalue weighted by molar-refractivity contribution is 7.16. The van der Waals surface area contributed by atoms with Gasteiger partial charge in [-0.05, 0) is 30.7 Å². The maximum absolute atomic E-state index is 12.6. The van der Waals surface area contributed by atoms with Gasteiger partial charge in [0, 0.05) is 15.8 Å². The lowest BCUT2D eigenvalue weighted by Crippen LogP contribution is -2.12. The van der Waals surface area contributed by atoms with E-state index in [4.69, 9.17) is 9.47 Å². The number of carbonyl (C=O) groups excluding carboxylic acids is 1. The molecular formula is C19H17N3O3S2. The Morgan fingerprint density at radius 3 is 2.85 bits per heavy atom. The average Bonchev–Trinajstić information content (AvgIpc) is 3.35. The first-order chi connectivity index (χ1) is 13.1. The maximum Gasteiger partial charge on any atom is 0.256 e. The number of thiophene rings is 1. The predicted molar refractivity (Wildman–Crippen MR) is 106 cm³/mol. The number of benzene rings is 1. The summed E-state index contributed by atoms with van der Waals surface area (Å²) in [6.45, 7) is 2.33. The summed E-state index contributed by atoms with van der Waals surface area (Å²) in [5.74, 6) is 0.684. The first-order valence-electron chi connectivity index (χ1n) is 8.16. The molecule has 3 aromatic rings. The number of hydrogen-bond acceptors (Lipinski definition) is 7. The van der Waals surface area contributed by atoms with Crippen LogP contribution in [-0.4, -0.2) is 18.0 Å². The molecule has 0 radical (unpaired) electrons. The minimum Gasteiger partial charge on any atom is -0.493 e. The Morgan fingerprint density at radius 2 is 2.19 bits per heavy atom. The minimum absolute atomic E-state index is 0.305. The van der Waals surface area contributed by atoms with Gasteiger partial charge >= 0.3 is 0 Å². The number of rotatable bonds is 7. The number of thiazole rings is 1. The van der Waals surface area contributed by atoms with Crippen molar-refractivity contribution < 1.29 is 14.3 Å². The molecule has 3 rings (SSSR count). The van der Waals surface area contributed by atoms with Gasteiger partial charge in [-0.1, -0.05) is 6.92 Å². The van der Waals surface area contributed by atoms with E-state index in [9.17, 15) is 10.1 Å². The molecule has 8 heteroatoms. The quantitative estimate of drug-likeness (QED) is 0.633. The Bertz CT molecular complexity index is 975. The summed E-state index contributed by atoms with van der Waals surface area (Å²) in [7, 11) is 1.52. The maximum atomic E-state index is 12.6. The zero-order valence-electron chi connectivity index (χ0n) is 14.8. The van der Waals surface area contributed by atoms with Crippen molar-refractivity contribution in [2.45, 2.75) is 20.0 Å². The van der Waals surface area contributed by atoms with Crippen LogP contribution in [0.4, 0.5) is 5.00 Å². The number of hydrogen-bond donors (Lipinski definition) is 1. The summed E-state index contributed by atoms with van der Waals surface area (Å²) in [6, 6.07) is 8.89. The van der Waals surface area contributed by atoms with Crippen LogP contribution in [0.2, 0.25) is 0 Å². The Labute approximate surface area is 165 Å². The van der Waals surface area contributed by atoms with E-state index in [-0.39, 0.29) is 5.91 Å². The highest BCUT2D eigenvalue weighted by atomic mass is 32.1. The number of nitriles is 1. The SMILES string of the molecule is CCc1cc(C#N)c(NC(=O)c2ccc(OCc3cscn3)c(OC)c2)s1. The fraction of sp³-hybridized carbons (Fsp3) is 0.211. The van der Waals surface area contributed by atoms with Crippen LogP contribution >= 0.6 is 22.7 Å². The molecule has 0 aliphatic rings. The third-order valence-electron chi connectivity index (χ3n) is 3.76. The average molecular weight is 399 g/mol. The first kappa shape index (κ1) is 18.9. The van der Waals surface area contributed by atoms with Gasteiger partial charge in [-0.2, -0.15) is 5.26 Å². The standard InChI is InChI=1S/C19H17N3O3S2/c1-3-15-6-13(8-20)19(27-15)22-18(23)12-4-5-16(17(7-12)24-2)25-9-14-10-26-11-21-14/h4-7,10-11H,3,9H2,1-2H3,(H,22,23). The zero-order chi connectivity index (χ0) is 19.2. The number of methoxy groups -OCH3 is 1. The molecule has 2 aromatic heterocycles. The monoisotopic (exact) mass is 399 g/mol. The number of amides is 1. The van der Waals surface area contributed by atoms with Crippen LogP contribution in [0.5, 0.6) is 11.5 Å². The highest BCUT2D eigenvalue weighted by Crippen LogP contribution is 2.31. The molecule has 0 atom stereocenters. The van der Waals surface area contributed by atoms with Crippen molar-refractivity contribution in [1.29, 1.82) is 5.26 Å². The smallest absolute Gasteiger partial charge is 0.256 e. The van der Waals surface area contributed by atoms with Crippen LogP contribution in [-0.2, 0) is 13.0 Å². The fourth-order valence-electron chi connectivity index (χ4n) is 2.36. The summed E-state index contributed by atoms with van der Waals surface area (Å²) >= 11 is 2.91. The van der Waals surface area contributed by atoms with E-state index in [1.807, 2.05) is 12.3 Å². The Hall–Kier alpha value is -2.89. The predicted octanol–water partition coefficient (Wildman–Crippen LogP) is 4.48. The molecule has 0 bridgehead atoms. The van der Waals surface area contributed by atoms with Gasteiger partial charge in [0.05, 0.1) is 23.9 Å². The first-order valence-corrected chi connectivity index (χ1v) is 9.92. The lowest BCUT2D eigenvalue weighted by atomic mass is 10.2. The normalized spacial score (nSPS) is 10.3. The van der Waals surface area contributed by atoms with E-state index in [1.54, 1.807) is 29.8 Å². The number of carbonyl (C=O) groups is 1. The van der Waals surface area contributed by atoms with Crippen molar-refractivity contribution in [2.24, 2.45) is 0 Å². The number of nitrogens with zero attached hydrogens (tertiary/aromatic N) is 2. The molecule has 2 heterocycles. The Morgan fingerprint density at radius 1 is 1.33 bits per heavy atom. The minimum atomic E-state index is -0.305. The lowest BCUT2D eigenvalue weighted by Gasteiger charge is -2.11. The van der Waals surface area contributed by atoms with Crippen LogP contribution in [0, 0.1) is 11.3 Å². The zero-order valence-corrected chi connectivity index (χ0v) is 16.4. The van der Waals surface area contributed by atoms with Crippen LogP contribution in [0.25, 0.3) is 0 Å². The van der Waals surface area contributed by atoms with Crippen molar-refractivity contribution >= 4 is 33.6 Å². The third kappa shape index (κ3) is 4.45. The molecule has 6 nitrogen and oxygen atoms in total. The summed E-state index contributed by atoms with van der Waals surface area (Å²) in [5.41, 5.74) is 3.47. The van der Waals surface area contributed by atoms with Crippen LogP contribution in [0.3, 0.4) is 0 Å². The van der Waals surface area contributed by atoms with Crippen molar-refractivity contribution in [3.05, 3.63) is 56.9 Å². The number of nitrogens with one attached hydrogen (secondary N) is 1. The van der Waals surface area contributed by atoms with Gasteiger partial charge in [0.1, 0.15) is 17.7 Å². The van der Waals surface area contributed by atoms with E-state index in [0.717, 1.165) is 17.0 Å². The largest absolute Gasteiger partial charge is 0.493 e. The number of aromatic nitrogens is 1. The summed E-state index contributed by atoms with van der Waals surface area (Å²) in [5, 5.41) is 14.5. The Balaban J connectivity index is 1.75. The molecule has 1 N–H and O–H groups in total. The van der Waals surface area contributed by atoms with Crippen molar-refractivity contribution in [3.63, 3.8) is 0 Å². The molecule has 0 aliphatic heterocycles. The molecule has 0 aliphatic carbocycles. The molecule has 0 fully saturated rings. The van der Waals surface area contributed by atoms with Crippen molar-refractivity contribution in [3.8, 4) is 17.6 Å². The van der Waals surface area contributed by atoms with Crippen LogP contribution in [0.1, 0.15) is 33.4 Å². The van der Waals surface area contributed by atoms with Gasteiger partial charge < -0.3 is 14.8 Å². The Kier molecular flexibility index (Phi) is 6.06. The van der Waals surface area contributed by atoms with E-state index < -0.39 is 0 Å². The molecule has 0 spiro atoms. The van der Waals surface area contributed by atoms with Crippen molar-refractivity contribution in [2.75, 3.05) is 12.4 Å². The van der Waals surface area contributed by atoms with Gasteiger partial charge in [0.25, 0.3) is 5.91 Å². The van der Waals surface area contributed by atoms with E-state index in [1.165, 1.54) is 29.8 Å². The molecule has 1 amide bonds. The van der Waals surface area contributed by atoms with Gasteiger partial charge in [-0.25, -0.2) is 4.98 Å².